The van der Waals surface area contributed by atoms with E-state index in [4.69, 9.17) is 5.11 Å². The number of hydrogen-bond acceptors (Lipinski definition) is 3. The van der Waals surface area contributed by atoms with Gasteiger partial charge in [-0.3, -0.25) is 9.48 Å². The molecule has 0 saturated carbocycles. The van der Waals surface area contributed by atoms with Crippen LogP contribution < -0.4 is 5.32 Å². The fourth-order valence-electron chi connectivity index (χ4n) is 1.33. The molecule has 0 aliphatic carbocycles. The van der Waals surface area contributed by atoms with Crippen molar-refractivity contribution >= 4 is 11.7 Å². The first-order valence-corrected chi connectivity index (χ1v) is 4.75. The molecule has 1 rings (SSSR count). The number of nitrogens with zero attached hydrogens (tertiary/aromatic N) is 2. The molecule has 0 aliphatic heterocycles. The summed E-state index contributed by atoms with van der Waals surface area (Å²) < 4.78 is 38.4. The number of aromatic nitrogens is 2. The number of nitrogens with one attached hydrogen (secondary N) is 1. The molecule has 1 heterocycles. The van der Waals surface area contributed by atoms with E-state index in [9.17, 15) is 18.0 Å². The maximum atomic E-state index is 12.3. The Bertz CT molecular complexity index is 414. The van der Waals surface area contributed by atoms with Gasteiger partial charge in [-0.25, -0.2) is 0 Å². The predicted molar refractivity (Wildman–Crippen MR) is 53.6 cm³/mol. The summed E-state index contributed by atoms with van der Waals surface area (Å²) in [5, 5.41) is 14.8. The SMILES string of the molecule is Cc1nn(C)cc1NCC(C(=O)O)C(F)(F)F. The molecule has 0 aromatic carbocycles. The van der Waals surface area contributed by atoms with Crippen LogP contribution in [-0.2, 0) is 11.8 Å². The first-order valence-electron chi connectivity index (χ1n) is 4.75. The fourth-order valence-corrected chi connectivity index (χ4v) is 1.33. The highest BCUT2D eigenvalue weighted by molar-refractivity contribution is 5.71. The van der Waals surface area contributed by atoms with Gasteiger partial charge in [-0.1, -0.05) is 0 Å². The van der Waals surface area contributed by atoms with Crippen LogP contribution in [-0.4, -0.2) is 33.6 Å². The lowest BCUT2D eigenvalue weighted by Crippen LogP contribution is -2.36. The molecule has 0 radical (unpaired) electrons. The normalized spacial score (nSPS) is 13.5. The molecule has 2 N–H and O–H groups in total. The van der Waals surface area contributed by atoms with E-state index >= 15 is 0 Å². The number of anilines is 1. The topological polar surface area (TPSA) is 67.2 Å². The van der Waals surface area contributed by atoms with Crippen LogP contribution in [0.2, 0.25) is 0 Å². The minimum Gasteiger partial charge on any atom is -0.481 e. The number of carbonyl (C=O) groups is 1. The summed E-state index contributed by atoms with van der Waals surface area (Å²) in [5.41, 5.74) is 0.904. The summed E-state index contributed by atoms with van der Waals surface area (Å²) in [5.74, 6) is -4.33. The zero-order chi connectivity index (χ0) is 13.2. The number of carboxylic acids is 1. The molecule has 0 fully saturated rings. The zero-order valence-electron chi connectivity index (χ0n) is 9.25. The predicted octanol–water partition coefficient (Wildman–Crippen LogP) is 1.40. The van der Waals surface area contributed by atoms with Crippen LogP contribution >= 0.6 is 0 Å². The summed E-state index contributed by atoms with van der Waals surface area (Å²) in [6.45, 7) is 0.900. The van der Waals surface area contributed by atoms with E-state index in [0.717, 1.165) is 0 Å². The van der Waals surface area contributed by atoms with Gasteiger partial charge in [-0.15, -0.1) is 0 Å². The minimum atomic E-state index is -4.77. The summed E-state index contributed by atoms with van der Waals surface area (Å²) in [6.07, 6.45) is -3.28. The number of aliphatic carboxylic acids is 1. The van der Waals surface area contributed by atoms with E-state index in [2.05, 4.69) is 10.4 Å². The Balaban J connectivity index is 2.71. The molecule has 5 nitrogen and oxygen atoms in total. The number of hydrogen-bond donors (Lipinski definition) is 2. The Hall–Kier alpha value is -1.73. The van der Waals surface area contributed by atoms with Crippen LogP contribution in [0.3, 0.4) is 0 Å². The van der Waals surface area contributed by atoms with Crippen LogP contribution in [0.1, 0.15) is 5.69 Å². The molecule has 96 valence electrons. The van der Waals surface area contributed by atoms with Gasteiger partial charge in [0.2, 0.25) is 0 Å². The first kappa shape index (κ1) is 13.3. The van der Waals surface area contributed by atoms with Crippen molar-refractivity contribution < 1.29 is 23.1 Å². The number of aryl methyl sites for hydroxylation is 2. The highest BCUT2D eigenvalue weighted by Gasteiger charge is 2.44. The van der Waals surface area contributed by atoms with Gasteiger partial charge in [-0.2, -0.15) is 18.3 Å². The summed E-state index contributed by atoms with van der Waals surface area (Å²) in [6, 6.07) is 0. The molecule has 1 atom stereocenters. The monoisotopic (exact) mass is 251 g/mol. The van der Waals surface area contributed by atoms with Crippen molar-refractivity contribution in [1.29, 1.82) is 0 Å². The van der Waals surface area contributed by atoms with Gasteiger partial charge in [0.05, 0.1) is 11.4 Å². The zero-order valence-corrected chi connectivity index (χ0v) is 9.25. The number of halogens is 3. The lowest BCUT2D eigenvalue weighted by atomic mass is 10.1. The second-order valence-corrected chi connectivity index (χ2v) is 3.62. The van der Waals surface area contributed by atoms with Crippen LogP contribution in [0.15, 0.2) is 6.20 Å². The van der Waals surface area contributed by atoms with E-state index in [1.165, 1.54) is 10.9 Å². The van der Waals surface area contributed by atoms with Gasteiger partial charge in [0.1, 0.15) is 0 Å². The molecule has 1 aromatic rings. The molecule has 0 amide bonds. The molecular weight excluding hydrogens is 239 g/mol. The maximum absolute atomic E-state index is 12.3. The highest BCUT2D eigenvalue weighted by atomic mass is 19.4. The Morgan fingerprint density at radius 1 is 1.65 bits per heavy atom. The van der Waals surface area contributed by atoms with Crippen molar-refractivity contribution in [3.05, 3.63) is 11.9 Å². The first-order chi connectivity index (χ1) is 7.71. The van der Waals surface area contributed by atoms with E-state index in [1.54, 1.807) is 14.0 Å². The number of carboxylic acid groups (broad SMARTS) is 1. The Labute approximate surface area is 95.2 Å². The van der Waals surface area contributed by atoms with Gasteiger partial charge in [-0.05, 0) is 6.92 Å². The molecule has 8 heteroatoms. The Morgan fingerprint density at radius 3 is 2.59 bits per heavy atom. The molecule has 0 spiro atoms. The van der Waals surface area contributed by atoms with Gasteiger partial charge in [0.25, 0.3) is 0 Å². The van der Waals surface area contributed by atoms with Gasteiger partial charge in [0.15, 0.2) is 5.92 Å². The lowest BCUT2D eigenvalue weighted by molar-refractivity contribution is -0.190. The molecule has 0 bridgehead atoms. The average molecular weight is 251 g/mol. The number of rotatable bonds is 4. The van der Waals surface area contributed by atoms with Crippen LogP contribution in [0, 0.1) is 12.8 Å². The highest BCUT2D eigenvalue weighted by Crippen LogP contribution is 2.27. The molecule has 17 heavy (non-hydrogen) atoms. The lowest BCUT2D eigenvalue weighted by Gasteiger charge is -2.16. The largest absolute Gasteiger partial charge is 0.481 e. The fraction of sp³-hybridized carbons (Fsp3) is 0.556. The van der Waals surface area contributed by atoms with E-state index in [-0.39, 0.29) is 0 Å². The number of alkyl halides is 3. The van der Waals surface area contributed by atoms with E-state index in [0.29, 0.717) is 11.4 Å². The van der Waals surface area contributed by atoms with Gasteiger partial charge in [0, 0.05) is 19.8 Å². The summed E-state index contributed by atoms with van der Waals surface area (Å²) in [7, 11) is 1.62. The van der Waals surface area contributed by atoms with Gasteiger partial charge >= 0.3 is 12.1 Å². The summed E-state index contributed by atoms with van der Waals surface area (Å²) in [4.78, 5) is 10.5. The van der Waals surface area contributed by atoms with Crippen molar-refractivity contribution in [3.8, 4) is 0 Å². The third-order valence-electron chi connectivity index (χ3n) is 2.20. The smallest absolute Gasteiger partial charge is 0.403 e. The molecular formula is C9H12F3N3O2. The standard InChI is InChI=1S/C9H12F3N3O2/c1-5-7(4-15(2)14-5)13-3-6(8(16)17)9(10,11)12/h4,6,13H,3H2,1-2H3,(H,16,17). The maximum Gasteiger partial charge on any atom is 0.403 e. The minimum absolute atomic E-state index is 0.392. The Morgan fingerprint density at radius 2 is 2.24 bits per heavy atom. The van der Waals surface area contributed by atoms with Crippen molar-refractivity contribution in [2.24, 2.45) is 13.0 Å². The molecule has 1 unspecified atom stereocenters. The van der Waals surface area contributed by atoms with Crippen molar-refractivity contribution in [1.82, 2.24) is 9.78 Å². The Kier molecular flexibility index (Phi) is 3.64. The second-order valence-electron chi connectivity index (χ2n) is 3.62. The molecule has 1 aromatic heterocycles. The van der Waals surface area contributed by atoms with Crippen LogP contribution in [0.25, 0.3) is 0 Å². The molecule has 0 aliphatic rings. The van der Waals surface area contributed by atoms with Gasteiger partial charge < -0.3 is 10.4 Å². The van der Waals surface area contributed by atoms with E-state index in [1.807, 2.05) is 0 Å². The second kappa shape index (κ2) is 4.64. The van der Waals surface area contributed by atoms with Crippen LogP contribution in [0.5, 0.6) is 0 Å². The third kappa shape index (κ3) is 3.36. The van der Waals surface area contributed by atoms with Crippen LogP contribution in [0.4, 0.5) is 18.9 Å². The third-order valence-corrected chi connectivity index (χ3v) is 2.20. The average Bonchev–Trinajstić information content (AvgIpc) is 2.42. The van der Waals surface area contributed by atoms with Crippen molar-refractivity contribution in [3.63, 3.8) is 0 Å². The van der Waals surface area contributed by atoms with Crippen molar-refractivity contribution in [2.45, 2.75) is 13.1 Å². The van der Waals surface area contributed by atoms with E-state index < -0.39 is 24.6 Å². The molecule has 0 saturated heterocycles. The summed E-state index contributed by atoms with van der Waals surface area (Å²) >= 11 is 0. The van der Waals surface area contributed by atoms with Crippen molar-refractivity contribution in [2.75, 3.05) is 11.9 Å². The quantitative estimate of drug-likeness (QED) is 0.848.